The van der Waals surface area contributed by atoms with Crippen molar-refractivity contribution in [3.05, 3.63) is 65.7 Å². The van der Waals surface area contributed by atoms with E-state index in [1.165, 1.54) is 4.90 Å². The third kappa shape index (κ3) is 2.18. The monoisotopic (exact) mass is 309 g/mol. The maximum Gasteiger partial charge on any atom is 0.264 e. The minimum atomic E-state index is -1.82. The third-order valence-electron chi connectivity index (χ3n) is 4.57. The quantitative estimate of drug-likeness (QED) is 0.884. The van der Waals surface area contributed by atoms with Gasteiger partial charge in [0.1, 0.15) is 0 Å². The number of hydrogen-bond acceptors (Lipinski definition) is 3. The van der Waals surface area contributed by atoms with E-state index in [1.807, 2.05) is 19.1 Å². The summed E-state index contributed by atoms with van der Waals surface area (Å²) in [6.07, 6.45) is 0. The van der Waals surface area contributed by atoms with Crippen molar-refractivity contribution in [1.82, 2.24) is 0 Å². The number of nitrogens with zero attached hydrogens (tertiary/aromatic N) is 1. The van der Waals surface area contributed by atoms with Crippen LogP contribution in [0.3, 0.4) is 0 Å². The van der Waals surface area contributed by atoms with Crippen molar-refractivity contribution >= 4 is 17.4 Å². The average molecular weight is 309 g/mol. The lowest BCUT2D eigenvalue weighted by atomic mass is 9.79. The predicted octanol–water partition coefficient (Wildman–Crippen LogP) is 2.76. The van der Waals surface area contributed by atoms with Gasteiger partial charge in [0, 0.05) is 17.7 Å². The number of para-hydroxylation sites is 1. The fourth-order valence-corrected chi connectivity index (χ4v) is 3.24. The van der Waals surface area contributed by atoms with E-state index in [4.69, 9.17) is 0 Å². The van der Waals surface area contributed by atoms with Crippen LogP contribution in [0.2, 0.25) is 0 Å². The summed E-state index contributed by atoms with van der Waals surface area (Å²) < 4.78 is 0. The van der Waals surface area contributed by atoms with E-state index in [9.17, 15) is 14.7 Å². The average Bonchev–Trinajstić information content (AvgIpc) is 2.83. The highest BCUT2D eigenvalue weighted by molar-refractivity contribution is 6.11. The van der Waals surface area contributed by atoms with Crippen LogP contribution < -0.4 is 4.90 Å². The number of Topliss-reactive ketones (excluding diaryl/α,β-unsaturated/α-hetero) is 1. The third-order valence-corrected chi connectivity index (χ3v) is 4.57. The van der Waals surface area contributed by atoms with E-state index in [-0.39, 0.29) is 5.78 Å². The molecule has 0 aliphatic carbocycles. The molecule has 1 N–H and O–H groups in total. The molecule has 0 fully saturated rings. The Labute approximate surface area is 135 Å². The molecule has 4 nitrogen and oxygen atoms in total. The first kappa shape index (κ1) is 15.4. The normalized spacial score (nSPS) is 21.2. The second-order valence-electron chi connectivity index (χ2n) is 5.78. The Morgan fingerprint density at radius 2 is 1.74 bits per heavy atom. The van der Waals surface area contributed by atoms with Gasteiger partial charge in [0.05, 0.1) is 11.6 Å². The molecule has 0 saturated carbocycles. The number of ketones is 1. The van der Waals surface area contributed by atoms with Gasteiger partial charge in [-0.05, 0) is 13.0 Å². The first-order chi connectivity index (χ1) is 11.0. The molecule has 0 aromatic heterocycles. The van der Waals surface area contributed by atoms with Crippen LogP contribution in [-0.4, -0.2) is 23.3 Å². The minimum Gasteiger partial charge on any atom is -0.375 e. The Morgan fingerprint density at radius 3 is 2.39 bits per heavy atom. The van der Waals surface area contributed by atoms with Crippen molar-refractivity contribution < 1.29 is 14.7 Å². The Hall–Kier alpha value is -2.46. The standard InChI is InChI=1S/C19H19NO3/c1-3-20-16-12-8-7-11-15(16)19(23,18(20)22)13(2)17(21)14-9-5-4-6-10-14/h4-13,23H,3H2,1-2H3/t13-,19+/m1/s1. The minimum absolute atomic E-state index is 0.241. The molecule has 0 radical (unpaired) electrons. The van der Waals surface area contributed by atoms with E-state index in [1.54, 1.807) is 49.4 Å². The van der Waals surface area contributed by atoms with Gasteiger partial charge in [-0.15, -0.1) is 0 Å². The van der Waals surface area contributed by atoms with Crippen LogP contribution in [0, 0.1) is 5.92 Å². The van der Waals surface area contributed by atoms with Gasteiger partial charge in [-0.25, -0.2) is 0 Å². The molecule has 4 heteroatoms. The number of amides is 1. The summed E-state index contributed by atoms with van der Waals surface area (Å²) in [6.45, 7) is 3.91. The maximum atomic E-state index is 12.8. The number of fused-ring (bicyclic) bond motifs is 1. The first-order valence-corrected chi connectivity index (χ1v) is 7.75. The van der Waals surface area contributed by atoms with Gasteiger partial charge in [-0.3, -0.25) is 9.59 Å². The van der Waals surface area contributed by atoms with E-state index < -0.39 is 17.4 Å². The molecule has 0 spiro atoms. The molecule has 3 rings (SSSR count). The SMILES string of the molecule is CCN1C(=O)[C@](O)([C@H](C)C(=O)c2ccccc2)c2ccccc21. The Bertz CT molecular complexity index is 756. The highest BCUT2D eigenvalue weighted by Crippen LogP contribution is 2.45. The zero-order valence-electron chi connectivity index (χ0n) is 13.2. The lowest BCUT2D eigenvalue weighted by Crippen LogP contribution is -2.47. The Kier molecular flexibility index (Phi) is 3.78. The number of carbonyl (C=O) groups is 2. The summed E-state index contributed by atoms with van der Waals surface area (Å²) in [4.78, 5) is 27.1. The summed E-state index contributed by atoms with van der Waals surface area (Å²) in [5.74, 6) is -1.54. The van der Waals surface area contributed by atoms with Crippen molar-refractivity contribution in [2.45, 2.75) is 19.4 Å². The molecule has 2 aromatic carbocycles. The zero-order chi connectivity index (χ0) is 16.6. The van der Waals surface area contributed by atoms with E-state index >= 15 is 0 Å². The van der Waals surface area contributed by atoms with Gasteiger partial charge in [0.25, 0.3) is 5.91 Å². The molecule has 1 amide bonds. The summed E-state index contributed by atoms with van der Waals surface area (Å²) in [5.41, 5.74) is -0.146. The van der Waals surface area contributed by atoms with E-state index in [0.717, 1.165) is 0 Å². The summed E-state index contributed by atoms with van der Waals surface area (Å²) in [7, 11) is 0. The topological polar surface area (TPSA) is 57.6 Å². The Morgan fingerprint density at radius 1 is 1.13 bits per heavy atom. The van der Waals surface area contributed by atoms with Crippen LogP contribution in [0.25, 0.3) is 0 Å². The summed E-state index contributed by atoms with van der Waals surface area (Å²) in [6, 6.07) is 15.9. The first-order valence-electron chi connectivity index (χ1n) is 7.75. The van der Waals surface area contributed by atoms with Gasteiger partial charge >= 0.3 is 0 Å². The summed E-state index contributed by atoms with van der Waals surface area (Å²) in [5, 5.41) is 11.2. The zero-order valence-corrected chi connectivity index (χ0v) is 13.2. The van der Waals surface area contributed by atoms with E-state index in [0.29, 0.717) is 23.4 Å². The summed E-state index contributed by atoms with van der Waals surface area (Å²) >= 11 is 0. The maximum absolute atomic E-state index is 12.8. The van der Waals surface area contributed by atoms with Crippen LogP contribution in [0.5, 0.6) is 0 Å². The number of aliphatic hydroxyl groups is 1. The van der Waals surface area contributed by atoms with Gasteiger partial charge in [-0.1, -0.05) is 55.5 Å². The molecule has 23 heavy (non-hydrogen) atoms. The smallest absolute Gasteiger partial charge is 0.264 e. The van der Waals surface area contributed by atoms with Crippen molar-refractivity contribution in [3.8, 4) is 0 Å². The van der Waals surface area contributed by atoms with E-state index in [2.05, 4.69) is 0 Å². The molecule has 0 saturated heterocycles. The predicted molar refractivity (Wildman–Crippen MR) is 88.3 cm³/mol. The van der Waals surface area contributed by atoms with Crippen molar-refractivity contribution in [2.24, 2.45) is 5.92 Å². The van der Waals surface area contributed by atoms with Crippen LogP contribution >= 0.6 is 0 Å². The fourth-order valence-electron chi connectivity index (χ4n) is 3.24. The van der Waals surface area contributed by atoms with Crippen molar-refractivity contribution in [1.29, 1.82) is 0 Å². The molecular formula is C19H19NO3. The number of hydrogen-bond donors (Lipinski definition) is 1. The van der Waals surface area contributed by atoms with Crippen LogP contribution in [0.1, 0.15) is 29.8 Å². The van der Waals surface area contributed by atoms with Crippen LogP contribution in [-0.2, 0) is 10.4 Å². The lowest BCUT2D eigenvalue weighted by Gasteiger charge is -2.28. The second kappa shape index (κ2) is 5.63. The van der Waals surface area contributed by atoms with Crippen LogP contribution in [0.4, 0.5) is 5.69 Å². The van der Waals surface area contributed by atoms with Gasteiger partial charge < -0.3 is 10.0 Å². The molecule has 1 aliphatic rings. The highest BCUT2D eigenvalue weighted by atomic mass is 16.3. The van der Waals surface area contributed by atoms with Gasteiger partial charge in [-0.2, -0.15) is 0 Å². The second-order valence-corrected chi connectivity index (χ2v) is 5.78. The number of benzene rings is 2. The number of carbonyl (C=O) groups excluding carboxylic acids is 2. The molecular weight excluding hydrogens is 290 g/mol. The van der Waals surface area contributed by atoms with Crippen molar-refractivity contribution in [2.75, 3.05) is 11.4 Å². The molecule has 2 atom stereocenters. The fraction of sp³-hybridized carbons (Fsp3) is 0.263. The lowest BCUT2D eigenvalue weighted by molar-refractivity contribution is -0.139. The highest BCUT2D eigenvalue weighted by Gasteiger charge is 2.54. The largest absolute Gasteiger partial charge is 0.375 e. The Balaban J connectivity index is 2.07. The number of anilines is 1. The number of likely N-dealkylation sites (N-methyl/N-ethyl adjacent to an activating group) is 1. The van der Waals surface area contributed by atoms with Gasteiger partial charge in [0.2, 0.25) is 0 Å². The van der Waals surface area contributed by atoms with Crippen LogP contribution in [0.15, 0.2) is 54.6 Å². The molecule has 0 bridgehead atoms. The van der Waals surface area contributed by atoms with Crippen molar-refractivity contribution in [3.63, 3.8) is 0 Å². The van der Waals surface area contributed by atoms with Gasteiger partial charge in [0.15, 0.2) is 11.4 Å². The molecule has 0 unspecified atom stereocenters. The molecule has 2 aromatic rings. The molecule has 118 valence electrons. The molecule has 1 heterocycles. The number of rotatable bonds is 4. The molecule has 1 aliphatic heterocycles.